The molecule has 2 amide bonds. The number of nitrogens with one attached hydrogen (secondary N) is 4. The van der Waals surface area contributed by atoms with E-state index in [0.29, 0.717) is 39.2 Å². The quantitative estimate of drug-likeness (QED) is 0.0304. The average Bonchev–Trinajstić information content (AvgIpc) is 4.30. The van der Waals surface area contributed by atoms with Gasteiger partial charge in [-0.15, -0.1) is 0 Å². The summed E-state index contributed by atoms with van der Waals surface area (Å²) in [6, 6.07) is 21.7. The molecular weight excluding hydrogens is 1030 g/mol. The number of hydrogen-bond donors (Lipinski definition) is 6. The van der Waals surface area contributed by atoms with Crippen molar-refractivity contribution in [3.8, 4) is 34.3 Å². The van der Waals surface area contributed by atoms with Crippen LogP contribution in [0.2, 0.25) is 0 Å². The van der Waals surface area contributed by atoms with Crippen LogP contribution in [0.25, 0.3) is 33.1 Å². The number of aryl methyl sites for hydroxylation is 2. The molecule has 0 radical (unpaired) electrons. The van der Waals surface area contributed by atoms with Crippen LogP contribution in [0.15, 0.2) is 102 Å². The number of aromatic nitrogens is 6. The highest BCUT2D eigenvalue weighted by Gasteiger charge is 2.52. The number of ether oxygens (including phenoxy) is 4. The van der Waals surface area contributed by atoms with E-state index in [2.05, 4.69) is 58.4 Å². The van der Waals surface area contributed by atoms with Gasteiger partial charge in [-0.25, -0.2) is 0 Å². The second-order valence-electron chi connectivity index (χ2n) is 17.7. The highest BCUT2D eigenvalue weighted by Crippen LogP contribution is 2.37. The number of H-pyrrole nitrogens is 2. The van der Waals surface area contributed by atoms with E-state index in [0.717, 1.165) is 79.6 Å². The summed E-state index contributed by atoms with van der Waals surface area (Å²) in [6.45, 7) is 8.18. The van der Waals surface area contributed by atoms with Gasteiger partial charge >= 0.3 is 7.12 Å². The van der Waals surface area contributed by atoms with Crippen LogP contribution >= 0.6 is 15.9 Å². The molecule has 4 aromatic heterocycles. The maximum atomic E-state index is 11.4. The van der Waals surface area contributed by atoms with Crippen molar-refractivity contribution in [1.82, 2.24) is 29.5 Å². The molecule has 23 heteroatoms. The van der Waals surface area contributed by atoms with Gasteiger partial charge < -0.3 is 48.9 Å². The summed E-state index contributed by atoms with van der Waals surface area (Å²) in [7, 11) is 9.76. The van der Waals surface area contributed by atoms with Crippen molar-refractivity contribution in [3.05, 3.63) is 124 Å². The predicted octanol–water partition coefficient (Wildman–Crippen LogP) is 6.70. The number of amides is 2. The molecule has 0 atom stereocenters. The topological polar surface area (TPSA) is 284 Å². The molecule has 0 saturated carbocycles. The number of methoxy groups -OCH3 is 4. The second kappa shape index (κ2) is 24.3. The van der Waals surface area contributed by atoms with Gasteiger partial charge in [0.2, 0.25) is 5.91 Å². The fraction of sp³-hybridized carbons (Fsp3) is 0.250. The SMILES string of the molecule is COc1ccc2[nH]c(-c3cnn(C)c3)c(C=O)c2c1.COc1ccc2[nH]c(Br)c(C=O)c2c1.COc1ccc2c(c1)C(=O)C(=O)N2.COc1ccc2c(c1)CC(=O)N2.Cn1cc(B2OC(C)(C)C(C)(C)O2)cn1.NN. The van der Waals surface area contributed by atoms with E-state index in [4.69, 9.17) is 28.3 Å². The number of nitrogens with zero attached hydrogens (tertiary/aromatic N) is 4. The molecule has 8 N–H and O–H groups in total. The molecule has 3 aliphatic rings. The monoisotopic (exact) mass is 1090 g/mol. The largest absolute Gasteiger partial charge is 0.498 e. The minimum absolute atomic E-state index is 0.0539. The smallest absolute Gasteiger partial charge is 0.497 e. The fourth-order valence-corrected chi connectivity index (χ4v) is 8.26. The van der Waals surface area contributed by atoms with Crippen molar-refractivity contribution in [2.75, 3.05) is 39.1 Å². The van der Waals surface area contributed by atoms with Crippen molar-refractivity contribution in [2.45, 2.75) is 45.3 Å². The van der Waals surface area contributed by atoms with Gasteiger partial charge in [0.05, 0.1) is 79.4 Å². The number of carbonyl (C=O) groups excluding carboxylic acids is 5. The van der Waals surface area contributed by atoms with Crippen molar-refractivity contribution in [2.24, 2.45) is 25.8 Å². The normalized spacial score (nSPS) is 14.1. The van der Waals surface area contributed by atoms with Crippen molar-refractivity contribution in [1.29, 1.82) is 0 Å². The lowest BCUT2D eigenvalue weighted by atomic mass is 9.82. The van der Waals surface area contributed by atoms with Gasteiger partial charge in [0, 0.05) is 76.8 Å². The van der Waals surface area contributed by atoms with E-state index in [9.17, 15) is 24.0 Å². The Labute approximate surface area is 440 Å². The summed E-state index contributed by atoms with van der Waals surface area (Å²) in [4.78, 5) is 61.6. The molecule has 1 saturated heterocycles. The van der Waals surface area contributed by atoms with E-state index >= 15 is 0 Å². The maximum Gasteiger partial charge on any atom is 0.498 e. The zero-order valence-electron chi connectivity index (χ0n) is 43.0. The lowest BCUT2D eigenvalue weighted by Crippen LogP contribution is -2.41. The fourth-order valence-electron chi connectivity index (χ4n) is 7.74. The predicted molar refractivity (Wildman–Crippen MR) is 289 cm³/mol. The number of halogens is 1. The van der Waals surface area contributed by atoms with E-state index in [1.807, 2.05) is 109 Å². The molecule has 0 bridgehead atoms. The molecule has 21 nitrogen and oxygen atoms in total. The lowest BCUT2D eigenvalue weighted by Gasteiger charge is -2.32. The third-order valence-electron chi connectivity index (χ3n) is 12.4. The number of hydrogen-bond acceptors (Lipinski definition) is 15. The maximum absolute atomic E-state index is 11.4. The first kappa shape index (κ1) is 56.2. The molecule has 0 aliphatic carbocycles. The van der Waals surface area contributed by atoms with Gasteiger partial charge in [-0.05, 0) is 122 Å². The Morgan fingerprint density at radius 3 is 1.71 bits per heavy atom. The molecule has 1 fully saturated rings. The van der Waals surface area contributed by atoms with E-state index in [1.165, 1.54) is 7.11 Å². The summed E-state index contributed by atoms with van der Waals surface area (Å²) in [5.41, 5.74) is 7.99. The van der Waals surface area contributed by atoms with Crippen molar-refractivity contribution >= 4 is 91.9 Å². The lowest BCUT2D eigenvalue weighted by molar-refractivity contribution is -0.115. The van der Waals surface area contributed by atoms with Gasteiger partial charge in [-0.1, -0.05) is 0 Å². The van der Waals surface area contributed by atoms with Crippen LogP contribution in [0, 0.1) is 0 Å². The molecule has 3 aliphatic heterocycles. The summed E-state index contributed by atoms with van der Waals surface area (Å²) in [5, 5.41) is 15.2. The van der Waals surface area contributed by atoms with E-state index < -0.39 is 11.7 Å². The number of aromatic amines is 2. The Morgan fingerprint density at radius 2 is 1.17 bits per heavy atom. The molecular formula is C52H58BBrN10O11. The number of Topliss-reactive ketones (excluding diaryl/α,β-unsaturated/α-hetero) is 1. The molecule has 7 heterocycles. The summed E-state index contributed by atoms with van der Waals surface area (Å²) < 4.78 is 36.2. The standard InChI is InChI=1S/C14H13N3O2.C10H17BN2O2.C10H8BrNO2.C9H7NO3.C9H9NO2.H4N2/c1-17-7-9(6-15-17)14-12(8-18)11-5-10(19-2)3-4-13(11)16-14;1-9(2)10(3,4)15-11(14-9)8-6-12-13(5)7-8;1-14-6-2-3-9-7(4-6)8(5-13)10(11)12-9;1-13-5-2-3-7-6(4-5)8(11)9(12)10-7;1-12-7-2-3-8-6(4-7)5-9(11)10-8;1-2/h3-8,16H,1-2H3;6-7H,1-5H3;2-5,12H,1H3;2-4H,1H3,(H,10,11,12);2-4H,5H2,1H3,(H,10,11);1-2H2. The number of anilines is 2. The summed E-state index contributed by atoms with van der Waals surface area (Å²) >= 11 is 3.29. The Hall–Kier alpha value is -8.09. The van der Waals surface area contributed by atoms with Crippen LogP contribution in [0.1, 0.15) is 64.3 Å². The van der Waals surface area contributed by atoms with Gasteiger partial charge in [-0.3, -0.25) is 45.0 Å². The third kappa shape index (κ3) is 12.8. The van der Waals surface area contributed by atoms with Crippen molar-refractivity contribution in [3.63, 3.8) is 0 Å². The number of nitrogens with two attached hydrogens (primary N) is 2. The molecule has 0 unspecified atom stereocenters. The molecule has 4 aromatic carbocycles. The highest BCUT2D eigenvalue weighted by molar-refractivity contribution is 9.10. The first-order valence-corrected chi connectivity index (χ1v) is 23.7. The van der Waals surface area contributed by atoms with Gasteiger partial charge in [0.1, 0.15) is 23.0 Å². The molecule has 8 aromatic rings. The molecule has 75 heavy (non-hydrogen) atoms. The molecule has 11 rings (SSSR count). The molecule has 0 spiro atoms. The van der Waals surface area contributed by atoms with E-state index in [1.54, 1.807) is 61.3 Å². The van der Waals surface area contributed by atoms with Gasteiger partial charge in [-0.2, -0.15) is 10.2 Å². The zero-order valence-corrected chi connectivity index (χ0v) is 44.6. The van der Waals surface area contributed by atoms with Gasteiger partial charge in [0.25, 0.3) is 11.7 Å². The summed E-state index contributed by atoms with van der Waals surface area (Å²) in [6.07, 6.45) is 9.45. The zero-order chi connectivity index (χ0) is 54.8. The van der Waals surface area contributed by atoms with Crippen LogP contribution in [0.3, 0.4) is 0 Å². The number of hydrazine groups is 1. The van der Waals surface area contributed by atoms with Crippen molar-refractivity contribution < 1.29 is 52.2 Å². The van der Waals surface area contributed by atoms with Crippen LogP contribution in [0.4, 0.5) is 11.4 Å². The minimum atomic E-state index is -0.580. The van der Waals surface area contributed by atoms with Crippen LogP contribution in [-0.4, -0.2) is 106 Å². The number of carbonyl (C=O) groups is 5. The van der Waals surface area contributed by atoms with E-state index in [-0.39, 0.29) is 24.2 Å². The summed E-state index contributed by atoms with van der Waals surface area (Å²) in [5.74, 6) is 9.81. The Morgan fingerprint density at radius 1 is 0.667 bits per heavy atom. The first-order valence-electron chi connectivity index (χ1n) is 22.9. The number of benzene rings is 4. The number of ketones is 1. The van der Waals surface area contributed by atoms with Crippen LogP contribution in [-0.2, 0) is 39.4 Å². The highest BCUT2D eigenvalue weighted by atomic mass is 79.9. The van der Waals surface area contributed by atoms with Gasteiger partial charge in [0.15, 0.2) is 12.6 Å². The Kier molecular flexibility index (Phi) is 18.2. The average molecular weight is 1090 g/mol. The molecule has 392 valence electrons. The number of aldehydes is 2. The minimum Gasteiger partial charge on any atom is -0.497 e. The van der Waals surface area contributed by atoms with Crippen LogP contribution < -0.4 is 46.7 Å². The number of rotatable bonds is 8. The second-order valence-corrected chi connectivity index (χ2v) is 18.5. The number of fused-ring (bicyclic) bond motifs is 4. The Bertz CT molecular complexity index is 3350. The Balaban J connectivity index is 0.000000152. The third-order valence-corrected chi connectivity index (χ3v) is 13.0. The first-order chi connectivity index (χ1) is 35.8. The van der Waals surface area contributed by atoms with Crippen LogP contribution in [0.5, 0.6) is 23.0 Å².